The Balaban J connectivity index is -0.00000000780. The summed E-state index contributed by atoms with van der Waals surface area (Å²) in [6.45, 7) is 0. The summed E-state index contributed by atoms with van der Waals surface area (Å²) in [5.74, 6) is 0. The molecule has 0 saturated carbocycles. The Labute approximate surface area is 289 Å². The van der Waals surface area contributed by atoms with Gasteiger partial charge in [-0.15, -0.1) is 64.1 Å². The second-order valence-electron chi connectivity index (χ2n) is 0.894. The number of quaternary nitrogens is 5. The molecule has 1 radical (unpaired) electrons. The van der Waals surface area contributed by atoms with Gasteiger partial charge in [0, 0.05) is 0 Å². The molecule has 0 fully saturated rings. The molecule has 0 atom stereocenters. The Kier molecular flexibility index (Phi) is 3800. The molecule has 0 aromatic rings. The monoisotopic (exact) mass is 898 g/mol. The van der Waals surface area contributed by atoms with Gasteiger partial charge in [0.15, 0.2) is 0 Å². The largest absolute Gasteiger partial charge is 3.00 e. The molecule has 0 aliphatic carbocycles. The maximum Gasteiger partial charge on any atom is 3.00 e. The maximum absolute atomic E-state index is 8.00. The molecule has 41 nitrogen and oxygen atoms in total. The van der Waals surface area contributed by atoms with Crippen LogP contribution < -0.4 is 30.8 Å². The first-order valence-electron chi connectivity index (χ1n) is 4.38. The van der Waals surface area contributed by atoms with Crippen molar-refractivity contribution in [3.05, 3.63) is 121 Å². The second-order valence-corrected chi connectivity index (χ2v) is 0.894. The summed E-state index contributed by atoms with van der Waals surface area (Å²) in [4.78, 5) is 96.0. The van der Waals surface area contributed by atoms with E-state index in [0.717, 1.165) is 64.1 Å². The summed E-state index contributed by atoms with van der Waals surface area (Å²) in [7, 11) is 0. The average Bonchev–Trinajstić information content (AvgIpc) is 2.75. The molecular weight excluding hydrogens is 880 g/mol. The number of hydrogen-bond donors (Lipinski definition) is 5. The van der Waals surface area contributed by atoms with Crippen molar-refractivity contribution in [2.75, 3.05) is 0 Å². The van der Waals surface area contributed by atoms with Crippen molar-refractivity contribution in [3.8, 4) is 0 Å². The fourth-order valence-corrected chi connectivity index (χ4v) is 0. The van der Waals surface area contributed by atoms with Gasteiger partial charge in [0.25, 0.3) is 0 Å². The van der Waals surface area contributed by atoms with Crippen LogP contribution in [-0.4, -0.2) is 0 Å². The fourth-order valence-electron chi connectivity index (χ4n) is 0. The van der Waals surface area contributed by atoms with Crippen LogP contribution in [0, 0.1) is 163 Å². The molecule has 0 heterocycles. The van der Waals surface area contributed by atoms with Crippen LogP contribution >= 0.6 is 0 Å². The standard InChI is InChI=1S/Ce.12HNO2.5H3N.2Ni/c;12*2-1-3;;;;;;;/h;12*(H,2,3);5*1H3;;/q+3;;;;;;;;;;;;;;;;;;2*+2/p-7. The van der Waals surface area contributed by atoms with E-state index in [-0.39, 0.29) is 105 Å². The Bertz CT molecular complexity index is 278. The summed E-state index contributed by atoms with van der Waals surface area (Å²) in [6.07, 6.45) is 0. The zero-order chi connectivity index (χ0) is 32.5. The molecular formula is H20CeN17Ni2O24. The Hall–Kier alpha value is -5.04. The van der Waals surface area contributed by atoms with Gasteiger partial charge in [0.1, 0.15) is 0 Å². The molecule has 0 saturated heterocycles. The molecule has 44 heavy (non-hydrogen) atoms. The molecule has 0 aliphatic rings. The van der Waals surface area contributed by atoms with Crippen LogP contribution in [0.2, 0.25) is 0 Å². The molecule has 0 aliphatic heterocycles. The first-order valence-corrected chi connectivity index (χ1v) is 4.38. The summed E-state index contributed by atoms with van der Waals surface area (Å²) >= 11 is 0. The molecule has 20 N–H and O–H groups in total. The van der Waals surface area contributed by atoms with Crippen LogP contribution in [0.3, 0.4) is 0 Å². The van der Waals surface area contributed by atoms with Gasteiger partial charge >= 0.3 is 74.7 Å². The van der Waals surface area contributed by atoms with Crippen LogP contribution in [0.4, 0.5) is 0 Å². The number of rotatable bonds is 0. The number of hydrogen-bond acceptors (Lipinski definition) is 36. The SMILES string of the molecule is O=N[O-].O=N[O-].O=N[O-].O=N[O-].O=N[O-].O=N[O-].O=N[O-].O=N[O-].O=N[O-].O=N[O-].O=N[O-].O=N[O-].[Ce+3].[NH4+].[NH4+].[NH4+].[NH4+].[NH4+].[Ni+2].[Ni+2]. The summed E-state index contributed by atoms with van der Waals surface area (Å²) in [6, 6.07) is 0. The third kappa shape index (κ3) is 1880. The molecule has 0 amide bonds. The van der Waals surface area contributed by atoms with Crippen LogP contribution in [0.15, 0.2) is 64.1 Å². The minimum atomic E-state index is 0. The van der Waals surface area contributed by atoms with Gasteiger partial charge in [-0.2, -0.15) is 0 Å². The first-order chi connectivity index (χ1) is 17.0. The van der Waals surface area contributed by atoms with Crippen LogP contribution in [0.5, 0.6) is 0 Å². The van der Waals surface area contributed by atoms with Gasteiger partial charge < -0.3 is 152 Å². The first kappa shape index (κ1) is 156. The van der Waals surface area contributed by atoms with Gasteiger partial charge in [-0.05, 0) is 0 Å². The maximum atomic E-state index is 8.00. The van der Waals surface area contributed by atoms with E-state index >= 15 is 0 Å². The zero-order valence-electron chi connectivity index (χ0n) is 21.3. The van der Waals surface area contributed by atoms with Crippen LogP contribution in [0.25, 0.3) is 0 Å². The van der Waals surface area contributed by atoms with Crippen molar-refractivity contribution in [1.29, 1.82) is 0 Å². The van der Waals surface area contributed by atoms with E-state index < -0.39 is 0 Å². The van der Waals surface area contributed by atoms with E-state index in [1.807, 2.05) is 0 Å². The van der Waals surface area contributed by atoms with Crippen molar-refractivity contribution in [1.82, 2.24) is 30.8 Å². The quantitative estimate of drug-likeness (QED) is 0.123. The van der Waals surface area contributed by atoms with E-state index in [9.17, 15) is 0 Å². The Morgan fingerprint density at radius 1 is 0.205 bits per heavy atom. The van der Waals surface area contributed by atoms with Gasteiger partial charge in [-0.1, -0.05) is 0 Å². The van der Waals surface area contributed by atoms with Crippen LogP contribution in [-0.2, 0) is 33.0 Å². The van der Waals surface area contributed by atoms with Gasteiger partial charge in [0.05, 0.1) is 0 Å². The van der Waals surface area contributed by atoms with Crippen LogP contribution in [0.1, 0.15) is 0 Å². The average molecular weight is 900 g/mol. The molecule has 0 rings (SSSR count). The summed E-state index contributed by atoms with van der Waals surface area (Å²) in [5, 5.41) is 108. The molecule has 0 unspecified atom stereocenters. The minimum absolute atomic E-state index is 0. The fraction of sp³-hybridized carbons (Fsp3) is 0. The second kappa shape index (κ2) is 1070. The van der Waals surface area contributed by atoms with Crippen molar-refractivity contribution in [2.45, 2.75) is 0 Å². The molecule has 0 spiro atoms. The van der Waals surface area contributed by atoms with E-state index in [4.69, 9.17) is 121 Å². The predicted octanol–water partition coefficient (Wildman–Crippen LogP) is 4.88. The van der Waals surface area contributed by atoms with E-state index in [0.29, 0.717) is 0 Å². The number of nitrogens with zero attached hydrogens (tertiary/aromatic N) is 12. The van der Waals surface area contributed by atoms with Crippen molar-refractivity contribution >= 4 is 0 Å². The van der Waals surface area contributed by atoms with Gasteiger partial charge in [-0.3, -0.25) is 0 Å². The molecule has 0 aromatic carbocycles. The van der Waals surface area contributed by atoms with Crippen molar-refractivity contribution < 1.29 is 74.7 Å². The topological polar surface area (TPSA) is 812 Å². The van der Waals surface area contributed by atoms with Gasteiger partial charge in [-0.25, -0.2) is 0 Å². The predicted molar refractivity (Wildman–Crippen MR) is 140 cm³/mol. The van der Waals surface area contributed by atoms with Gasteiger partial charge in [0.2, 0.25) is 0 Å². The molecule has 0 bridgehead atoms. The Morgan fingerprint density at radius 3 is 0.205 bits per heavy atom. The minimum Gasteiger partial charge on any atom is -0.444 e. The summed E-state index contributed by atoms with van der Waals surface area (Å²) in [5.41, 5.74) is 0. The third-order valence-corrected chi connectivity index (χ3v) is 0. The van der Waals surface area contributed by atoms with Crippen molar-refractivity contribution in [2.24, 2.45) is 64.1 Å². The molecule has 44 heteroatoms. The van der Waals surface area contributed by atoms with E-state index in [1.54, 1.807) is 0 Å². The third-order valence-electron chi connectivity index (χ3n) is 0. The normalized spacial score (nSPS) is 3.27. The van der Waals surface area contributed by atoms with E-state index in [1.165, 1.54) is 0 Å². The smallest absolute Gasteiger partial charge is 0.444 e. The molecule has 0 aromatic heterocycles. The van der Waals surface area contributed by atoms with Crippen molar-refractivity contribution in [3.63, 3.8) is 0 Å². The summed E-state index contributed by atoms with van der Waals surface area (Å²) < 4.78 is 0. The zero-order valence-corrected chi connectivity index (χ0v) is 26.4. The molecule has 273 valence electrons. The van der Waals surface area contributed by atoms with E-state index in [2.05, 4.69) is 0 Å². The Morgan fingerprint density at radius 2 is 0.205 bits per heavy atom.